The third kappa shape index (κ3) is 4.49. The van der Waals surface area contributed by atoms with Crippen molar-refractivity contribution < 1.29 is 19.4 Å². The molecule has 2 N–H and O–H groups in total. The minimum Gasteiger partial charge on any atom is -0.495 e. The van der Waals surface area contributed by atoms with E-state index in [1.165, 1.54) is 0 Å². The number of benzene rings is 2. The fourth-order valence-electron chi connectivity index (χ4n) is 4.34. The Labute approximate surface area is 182 Å². The Morgan fingerprint density at radius 3 is 2.55 bits per heavy atom. The van der Waals surface area contributed by atoms with Crippen molar-refractivity contribution in [3.8, 4) is 11.6 Å². The van der Waals surface area contributed by atoms with Crippen LogP contribution in [-0.2, 0) is 6.42 Å². The van der Waals surface area contributed by atoms with Gasteiger partial charge in [0.2, 0.25) is 5.88 Å². The first-order valence-electron chi connectivity index (χ1n) is 10.7. The summed E-state index contributed by atoms with van der Waals surface area (Å²) in [7, 11) is 3.17. The number of hydrogen-bond acceptors (Lipinski definition) is 5. The molecule has 3 aromatic rings. The first-order chi connectivity index (χ1) is 15.1. The summed E-state index contributed by atoms with van der Waals surface area (Å²) < 4.78 is 10.8. The maximum absolute atomic E-state index is 13.2. The number of fused-ring (bicyclic) bond motifs is 1. The second kappa shape index (κ2) is 9.35. The van der Waals surface area contributed by atoms with Gasteiger partial charge in [0.15, 0.2) is 0 Å². The number of rotatable bonds is 6. The van der Waals surface area contributed by atoms with Crippen molar-refractivity contribution >= 4 is 16.7 Å². The average Bonchev–Trinajstić information content (AvgIpc) is 2.80. The zero-order chi connectivity index (χ0) is 21.8. The normalized spacial score (nSPS) is 18.5. The summed E-state index contributed by atoms with van der Waals surface area (Å²) >= 11 is 0. The van der Waals surface area contributed by atoms with E-state index in [4.69, 9.17) is 9.47 Å². The Morgan fingerprint density at radius 1 is 1.10 bits per heavy atom. The van der Waals surface area contributed by atoms with Crippen molar-refractivity contribution in [1.29, 1.82) is 0 Å². The topological polar surface area (TPSA) is 80.7 Å². The zero-order valence-corrected chi connectivity index (χ0v) is 17.9. The molecule has 1 heterocycles. The standard InChI is InChI=1S/C25H28N2O4/c1-30-23-12-11-16(15-26-23)13-17-14-20(24(31-2)19-8-4-3-7-18(17)19)25(29)27-21-9-5-6-10-22(21)28/h3-4,7-8,11-12,14-15,21-22,28H,5-6,9-10,13H2,1-2H3,(H,27,29)/t21-,22-/m0/s1. The number of carbonyl (C=O) groups excluding carboxylic acids is 1. The first kappa shape index (κ1) is 21.1. The lowest BCUT2D eigenvalue weighted by Crippen LogP contribution is -2.45. The molecule has 0 aliphatic heterocycles. The van der Waals surface area contributed by atoms with Crippen LogP contribution >= 0.6 is 0 Å². The predicted octanol–water partition coefficient (Wildman–Crippen LogP) is 3.88. The summed E-state index contributed by atoms with van der Waals surface area (Å²) in [5, 5.41) is 15.2. The molecule has 6 nitrogen and oxygen atoms in total. The fourth-order valence-corrected chi connectivity index (χ4v) is 4.34. The molecular weight excluding hydrogens is 392 g/mol. The Bertz CT molecular complexity index is 1070. The van der Waals surface area contributed by atoms with E-state index in [0.29, 0.717) is 23.6 Å². The molecule has 1 fully saturated rings. The molecule has 0 radical (unpaired) electrons. The number of amides is 1. The van der Waals surface area contributed by atoms with Crippen LogP contribution in [0.3, 0.4) is 0 Å². The monoisotopic (exact) mass is 420 g/mol. The lowest BCUT2D eigenvalue weighted by molar-refractivity contribution is 0.0715. The first-order valence-corrected chi connectivity index (χ1v) is 10.7. The number of hydrogen-bond donors (Lipinski definition) is 2. The van der Waals surface area contributed by atoms with Crippen LogP contribution in [0.5, 0.6) is 11.6 Å². The molecule has 0 unspecified atom stereocenters. The highest BCUT2D eigenvalue weighted by Gasteiger charge is 2.27. The van der Waals surface area contributed by atoms with E-state index in [-0.39, 0.29) is 11.9 Å². The molecular formula is C25H28N2O4. The van der Waals surface area contributed by atoms with E-state index < -0.39 is 6.10 Å². The fraction of sp³-hybridized carbons (Fsp3) is 0.360. The molecule has 1 aromatic heterocycles. The van der Waals surface area contributed by atoms with Crippen LogP contribution in [0.2, 0.25) is 0 Å². The zero-order valence-electron chi connectivity index (χ0n) is 17.9. The predicted molar refractivity (Wildman–Crippen MR) is 120 cm³/mol. The SMILES string of the molecule is COc1ccc(Cc2cc(C(=O)N[C@H]3CCCC[C@@H]3O)c(OC)c3ccccc23)cn1. The maximum Gasteiger partial charge on any atom is 0.255 e. The molecule has 2 atom stereocenters. The summed E-state index contributed by atoms with van der Waals surface area (Å²) in [6.07, 6.45) is 5.40. The summed E-state index contributed by atoms with van der Waals surface area (Å²) in [6, 6.07) is 13.4. The highest BCUT2D eigenvalue weighted by atomic mass is 16.5. The van der Waals surface area contributed by atoms with Crippen LogP contribution < -0.4 is 14.8 Å². The molecule has 1 saturated carbocycles. The van der Waals surface area contributed by atoms with Gasteiger partial charge in [-0.05, 0) is 41.8 Å². The Morgan fingerprint density at radius 2 is 1.87 bits per heavy atom. The molecule has 1 aliphatic rings. The van der Waals surface area contributed by atoms with Gasteiger partial charge in [-0.2, -0.15) is 0 Å². The molecule has 4 rings (SSSR count). The Balaban J connectivity index is 1.72. The van der Waals surface area contributed by atoms with E-state index in [2.05, 4.69) is 10.3 Å². The average molecular weight is 421 g/mol. The number of aliphatic hydroxyl groups excluding tert-OH is 1. The van der Waals surface area contributed by atoms with Crippen molar-refractivity contribution in [2.75, 3.05) is 14.2 Å². The van der Waals surface area contributed by atoms with Crippen LogP contribution in [0.15, 0.2) is 48.7 Å². The number of aliphatic hydroxyl groups is 1. The highest BCUT2D eigenvalue weighted by Crippen LogP contribution is 2.34. The van der Waals surface area contributed by atoms with Gasteiger partial charge < -0.3 is 19.9 Å². The smallest absolute Gasteiger partial charge is 0.255 e. The van der Waals surface area contributed by atoms with Crippen molar-refractivity contribution in [1.82, 2.24) is 10.3 Å². The highest BCUT2D eigenvalue weighted by molar-refractivity contribution is 6.05. The molecule has 0 bridgehead atoms. The van der Waals surface area contributed by atoms with Crippen LogP contribution in [0.25, 0.3) is 10.8 Å². The summed E-state index contributed by atoms with van der Waals surface area (Å²) in [4.78, 5) is 17.5. The van der Waals surface area contributed by atoms with Gasteiger partial charge in [0.25, 0.3) is 5.91 Å². The molecule has 1 amide bonds. The summed E-state index contributed by atoms with van der Waals surface area (Å²) in [5.74, 6) is 0.895. The van der Waals surface area contributed by atoms with E-state index in [1.54, 1.807) is 20.4 Å². The minimum absolute atomic E-state index is 0.220. The van der Waals surface area contributed by atoms with E-state index in [0.717, 1.165) is 47.6 Å². The third-order valence-corrected chi connectivity index (χ3v) is 5.98. The van der Waals surface area contributed by atoms with Gasteiger partial charge in [-0.1, -0.05) is 43.2 Å². The summed E-state index contributed by atoms with van der Waals surface area (Å²) in [6.45, 7) is 0. The lowest BCUT2D eigenvalue weighted by Gasteiger charge is -2.28. The van der Waals surface area contributed by atoms with Gasteiger partial charge in [0, 0.05) is 17.6 Å². The quantitative estimate of drug-likeness (QED) is 0.633. The molecule has 1 aliphatic carbocycles. The molecule has 31 heavy (non-hydrogen) atoms. The Kier molecular flexibility index (Phi) is 6.37. The van der Waals surface area contributed by atoms with Gasteiger partial charge in [-0.3, -0.25) is 4.79 Å². The van der Waals surface area contributed by atoms with Crippen LogP contribution in [-0.4, -0.2) is 42.4 Å². The minimum atomic E-state index is -0.506. The summed E-state index contributed by atoms with van der Waals surface area (Å²) in [5.41, 5.74) is 2.51. The Hall–Kier alpha value is -3.12. The molecule has 162 valence electrons. The second-order valence-electron chi connectivity index (χ2n) is 7.98. The third-order valence-electron chi connectivity index (χ3n) is 5.98. The van der Waals surface area contributed by atoms with Gasteiger partial charge >= 0.3 is 0 Å². The number of nitrogens with zero attached hydrogens (tertiary/aromatic N) is 1. The van der Waals surface area contributed by atoms with Crippen molar-refractivity contribution in [3.63, 3.8) is 0 Å². The largest absolute Gasteiger partial charge is 0.495 e. The van der Waals surface area contributed by atoms with Gasteiger partial charge in [-0.15, -0.1) is 0 Å². The van der Waals surface area contributed by atoms with Crippen LogP contribution in [0.4, 0.5) is 0 Å². The molecule has 0 spiro atoms. The van der Waals surface area contributed by atoms with Crippen molar-refractivity contribution in [2.45, 2.75) is 44.2 Å². The number of pyridine rings is 1. The lowest BCUT2D eigenvalue weighted by atomic mass is 9.91. The van der Waals surface area contributed by atoms with E-state index >= 15 is 0 Å². The van der Waals surface area contributed by atoms with Gasteiger partial charge in [0.05, 0.1) is 31.9 Å². The number of methoxy groups -OCH3 is 2. The number of ether oxygens (including phenoxy) is 2. The number of nitrogens with one attached hydrogen (secondary N) is 1. The van der Waals surface area contributed by atoms with Crippen LogP contribution in [0.1, 0.15) is 47.2 Å². The van der Waals surface area contributed by atoms with Crippen molar-refractivity contribution in [3.05, 3.63) is 65.4 Å². The number of aromatic nitrogens is 1. The van der Waals surface area contributed by atoms with Crippen molar-refractivity contribution in [2.24, 2.45) is 0 Å². The maximum atomic E-state index is 13.2. The molecule has 0 saturated heterocycles. The van der Waals surface area contributed by atoms with E-state index in [9.17, 15) is 9.90 Å². The second-order valence-corrected chi connectivity index (χ2v) is 7.98. The van der Waals surface area contributed by atoms with Gasteiger partial charge in [-0.25, -0.2) is 4.98 Å². The van der Waals surface area contributed by atoms with E-state index in [1.807, 2.05) is 42.5 Å². The molecule has 2 aromatic carbocycles. The van der Waals surface area contributed by atoms with Gasteiger partial charge in [0.1, 0.15) is 5.75 Å². The van der Waals surface area contributed by atoms with Crippen LogP contribution in [0, 0.1) is 0 Å². The number of carbonyl (C=O) groups is 1. The molecule has 6 heteroatoms.